The maximum absolute atomic E-state index is 10.9. The number of halogens is 1. The minimum Gasteiger partial charge on any atom is -0.479 e. The normalized spacial score (nSPS) is 10.5. The Morgan fingerprint density at radius 3 is 2.65 bits per heavy atom. The first-order chi connectivity index (χ1) is 11.1. The summed E-state index contributed by atoms with van der Waals surface area (Å²) in [6, 6.07) is 13.8. The largest absolute Gasteiger partial charge is 0.479 e. The highest BCUT2D eigenvalue weighted by Gasteiger charge is 2.14. The van der Waals surface area contributed by atoms with E-state index in [1.807, 2.05) is 24.3 Å². The minimum absolute atomic E-state index is 0.0639. The van der Waals surface area contributed by atoms with E-state index < -0.39 is 4.92 Å². The van der Waals surface area contributed by atoms with Crippen LogP contribution in [0.25, 0.3) is 11.4 Å². The monoisotopic (exact) mass is 374 g/mol. The second-order valence-electron chi connectivity index (χ2n) is 4.63. The zero-order chi connectivity index (χ0) is 16.2. The molecule has 7 nitrogen and oxygen atoms in total. The Balaban J connectivity index is 1.73. The van der Waals surface area contributed by atoms with Crippen molar-refractivity contribution >= 4 is 21.6 Å². The van der Waals surface area contributed by atoms with Gasteiger partial charge in [-0.25, -0.2) is 4.98 Å². The molecule has 0 fully saturated rings. The number of benzene rings is 2. The van der Waals surface area contributed by atoms with E-state index in [1.54, 1.807) is 18.2 Å². The predicted molar refractivity (Wildman–Crippen MR) is 86.9 cm³/mol. The number of hydrogen-bond donors (Lipinski definition) is 1. The van der Waals surface area contributed by atoms with E-state index in [0.29, 0.717) is 11.6 Å². The number of aromatic nitrogens is 3. The van der Waals surface area contributed by atoms with E-state index >= 15 is 0 Å². The molecule has 0 spiro atoms. The summed E-state index contributed by atoms with van der Waals surface area (Å²) in [6.45, 7) is 0.0639. The quantitative estimate of drug-likeness (QED) is 0.542. The highest BCUT2D eigenvalue weighted by Crippen LogP contribution is 2.26. The number of nitro benzene ring substituents is 1. The van der Waals surface area contributed by atoms with E-state index in [-0.39, 0.29) is 18.0 Å². The molecule has 0 atom stereocenters. The first-order valence-corrected chi connectivity index (χ1v) is 7.46. The summed E-state index contributed by atoms with van der Waals surface area (Å²) < 4.78 is 6.44. The van der Waals surface area contributed by atoms with Gasteiger partial charge in [0.05, 0.1) is 4.92 Å². The van der Waals surface area contributed by atoms with Gasteiger partial charge in [-0.05, 0) is 18.2 Å². The van der Waals surface area contributed by atoms with E-state index in [2.05, 4.69) is 31.1 Å². The molecular formula is C15H11BrN4O3. The fourth-order valence-corrected chi connectivity index (χ4v) is 2.23. The van der Waals surface area contributed by atoms with Crippen molar-refractivity contribution in [2.45, 2.75) is 6.61 Å². The fourth-order valence-electron chi connectivity index (χ4n) is 1.96. The third-order valence-corrected chi connectivity index (χ3v) is 3.59. The number of nitrogens with one attached hydrogen (secondary N) is 1. The number of para-hydroxylation sites is 2. The van der Waals surface area contributed by atoms with Gasteiger partial charge in [0, 0.05) is 16.1 Å². The van der Waals surface area contributed by atoms with Crippen LogP contribution in [-0.4, -0.2) is 20.1 Å². The van der Waals surface area contributed by atoms with Crippen molar-refractivity contribution < 1.29 is 9.66 Å². The molecule has 2 aromatic carbocycles. The van der Waals surface area contributed by atoms with Crippen LogP contribution < -0.4 is 4.74 Å². The summed E-state index contributed by atoms with van der Waals surface area (Å²) in [4.78, 5) is 14.8. The fraction of sp³-hybridized carbons (Fsp3) is 0.0667. The summed E-state index contributed by atoms with van der Waals surface area (Å²) in [5, 5.41) is 17.8. The highest BCUT2D eigenvalue weighted by atomic mass is 79.9. The van der Waals surface area contributed by atoms with Crippen LogP contribution >= 0.6 is 15.9 Å². The van der Waals surface area contributed by atoms with Crippen LogP contribution in [0.5, 0.6) is 5.75 Å². The van der Waals surface area contributed by atoms with Gasteiger partial charge in [-0.15, -0.1) is 0 Å². The van der Waals surface area contributed by atoms with Gasteiger partial charge in [0.25, 0.3) is 0 Å². The SMILES string of the molecule is O=[N+]([O-])c1ccccc1OCc1nc(-c2ccc(Br)cc2)n[nH]1. The van der Waals surface area contributed by atoms with Gasteiger partial charge < -0.3 is 4.74 Å². The molecule has 0 aliphatic rings. The van der Waals surface area contributed by atoms with Crippen molar-refractivity contribution in [3.8, 4) is 17.1 Å². The van der Waals surface area contributed by atoms with E-state index in [4.69, 9.17) is 4.74 Å². The summed E-state index contributed by atoms with van der Waals surface area (Å²) in [6.07, 6.45) is 0. The lowest BCUT2D eigenvalue weighted by Gasteiger charge is -2.03. The molecule has 3 rings (SSSR count). The summed E-state index contributed by atoms with van der Waals surface area (Å²) in [5.74, 6) is 1.22. The van der Waals surface area contributed by atoms with Crippen LogP contribution in [0.2, 0.25) is 0 Å². The Morgan fingerprint density at radius 2 is 1.91 bits per heavy atom. The molecule has 0 bridgehead atoms. The molecule has 0 aliphatic carbocycles. The molecule has 0 saturated heterocycles. The van der Waals surface area contributed by atoms with Gasteiger partial charge in [-0.3, -0.25) is 15.2 Å². The van der Waals surface area contributed by atoms with Crippen LogP contribution in [0.15, 0.2) is 53.0 Å². The Bertz CT molecular complexity index is 833. The zero-order valence-electron chi connectivity index (χ0n) is 11.8. The Morgan fingerprint density at radius 1 is 1.17 bits per heavy atom. The molecule has 8 heteroatoms. The lowest BCUT2D eigenvalue weighted by Crippen LogP contribution is -2.00. The van der Waals surface area contributed by atoms with Crippen LogP contribution in [0.3, 0.4) is 0 Å². The molecule has 0 aliphatic heterocycles. The lowest BCUT2D eigenvalue weighted by molar-refractivity contribution is -0.385. The van der Waals surface area contributed by atoms with Gasteiger partial charge in [-0.2, -0.15) is 5.10 Å². The number of aromatic amines is 1. The molecule has 116 valence electrons. The first-order valence-electron chi connectivity index (χ1n) is 6.67. The maximum atomic E-state index is 10.9. The van der Waals surface area contributed by atoms with E-state index in [9.17, 15) is 10.1 Å². The molecule has 0 unspecified atom stereocenters. The number of nitrogens with zero attached hydrogens (tertiary/aromatic N) is 3. The smallest absolute Gasteiger partial charge is 0.310 e. The van der Waals surface area contributed by atoms with Gasteiger partial charge in [0.15, 0.2) is 17.4 Å². The third-order valence-electron chi connectivity index (χ3n) is 3.06. The number of nitro groups is 1. The van der Waals surface area contributed by atoms with E-state index in [1.165, 1.54) is 6.07 Å². The Labute approximate surface area is 139 Å². The molecule has 1 N–H and O–H groups in total. The standard InChI is InChI=1S/C15H11BrN4O3/c16-11-7-5-10(6-8-11)15-17-14(18-19-15)9-23-13-4-2-1-3-12(13)20(21)22/h1-8H,9H2,(H,17,18,19). The van der Waals surface area contributed by atoms with Gasteiger partial charge in [0.2, 0.25) is 0 Å². The molecule has 1 aromatic heterocycles. The average Bonchev–Trinajstić information content (AvgIpc) is 3.03. The molecule has 0 saturated carbocycles. The van der Waals surface area contributed by atoms with Crippen molar-refractivity contribution in [1.29, 1.82) is 0 Å². The van der Waals surface area contributed by atoms with Gasteiger partial charge >= 0.3 is 5.69 Å². The Hall–Kier alpha value is -2.74. The molecule has 23 heavy (non-hydrogen) atoms. The van der Waals surface area contributed by atoms with Crippen LogP contribution in [-0.2, 0) is 6.61 Å². The minimum atomic E-state index is -0.483. The predicted octanol–water partition coefficient (Wildman–Crippen LogP) is 3.72. The summed E-state index contributed by atoms with van der Waals surface area (Å²) in [5.41, 5.74) is 0.779. The summed E-state index contributed by atoms with van der Waals surface area (Å²) in [7, 11) is 0. The average molecular weight is 375 g/mol. The van der Waals surface area contributed by atoms with Crippen molar-refractivity contribution in [2.75, 3.05) is 0 Å². The highest BCUT2D eigenvalue weighted by molar-refractivity contribution is 9.10. The van der Waals surface area contributed by atoms with Crippen LogP contribution in [0, 0.1) is 10.1 Å². The Kier molecular flexibility index (Phi) is 4.33. The zero-order valence-corrected chi connectivity index (χ0v) is 13.4. The molecule has 3 aromatic rings. The number of hydrogen-bond acceptors (Lipinski definition) is 5. The second kappa shape index (κ2) is 6.57. The van der Waals surface area contributed by atoms with Crippen molar-refractivity contribution in [3.05, 3.63) is 68.9 Å². The molecule has 0 amide bonds. The molecule has 1 heterocycles. The topological polar surface area (TPSA) is 93.9 Å². The van der Waals surface area contributed by atoms with Crippen molar-refractivity contribution in [1.82, 2.24) is 15.2 Å². The van der Waals surface area contributed by atoms with Gasteiger partial charge in [-0.1, -0.05) is 40.2 Å². The number of H-pyrrole nitrogens is 1. The summed E-state index contributed by atoms with van der Waals surface area (Å²) >= 11 is 3.37. The maximum Gasteiger partial charge on any atom is 0.310 e. The number of rotatable bonds is 5. The number of ether oxygens (including phenoxy) is 1. The first kappa shape index (κ1) is 15.2. The van der Waals surface area contributed by atoms with Crippen LogP contribution in [0.1, 0.15) is 5.82 Å². The lowest BCUT2D eigenvalue weighted by atomic mass is 10.2. The second-order valence-corrected chi connectivity index (χ2v) is 5.54. The van der Waals surface area contributed by atoms with Crippen molar-refractivity contribution in [2.24, 2.45) is 0 Å². The van der Waals surface area contributed by atoms with Crippen molar-refractivity contribution in [3.63, 3.8) is 0 Å². The third kappa shape index (κ3) is 3.54. The molecular weight excluding hydrogens is 364 g/mol. The van der Waals surface area contributed by atoms with Gasteiger partial charge in [0.1, 0.15) is 6.61 Å². The van der Waals surface area contributed by atoms with E-state index in [0.717, 1.165) is 10.0 Å². The molecule has 0 radical (unpaired) electrons. The van der Waals surface area contributed by atoms with Crippen LogP contribution in [0.4, 0.5) is 5.69 Å².